The predicted octanol–water partition coefficient (Wildman–Crippen LogP) is 5.62. The lowest BCUT2D eigenvalue weighted by molar-refractivity contribution is 0.0328. The van der Waals surface area contributed by atoms with Gasteiger partial charge in [-0.05, 0) is 43.5 Å². The van der Waals surface area contributed by atoms with Crippen LogP contribution in [0, 0.1) is 17.5 Å². The third kappa shape index (κ3) is 3.63. The van der Waals surface area contributed by atoms with E-state index in [9.17, 15) is 13.2 Å². The van der Waals surface area contributed by atoms with E-state index < -0.39 is 17.5 Å². The highest BCUT2D eigenvalue weighted by Gasteiger charge is 2.23. The second kappa shape index (κ2) is 7.96. The van der Waals surface area contributed by atoms with Crippen molar-refractivity contribution in [3.63, 3.8) is 0 Å². The van der Waals surface area contributed by atoms with Crippen LogP contribution in [0.4, 0.5) is 13.2 Å². The first-order valence-electron chi connectivity index (χ1n) is 8.69. The van der Waals surface area contributed by atoms with Gasteiger partial charge in [0.05, 0.1) is 19.3 Å². The van der Waals surface area contributed by atoms with Crippen LogP contribution in [0.5, 0.6) is 5.75 Å². The van der Waals surface area contributed by atoms with Gasteiger partial charge in [0.2, 0.25) is 5.82 Å². The Bertz CT molecular complexity index is 796. The van der Waals surface area contributed by atoms with E-state index in [1.807, 2.05) is 0 Å². The summed E-state index contributed by atoms with van der Waals surface area (Å²) in [5, 5.41) is 0. The van der Waals surface area contributed by atoms with Crippen LogP contribution >= 0.6 is 0 Å². The molecule has 0 spiro atoms. The van der Waals surface area contributed by atoms with E-state index in [4.69, 9.17) is 9.47 Å². The molecule has 0 aromatic heterocycles. The van der Waals surface area contributed by atoms with Crippen LogP contribution in [-0.4, -0.2) is 19.3 Å². The molecular formula is C21H21F3O2. The molecule has 0 saturated carbocycles. The second-order valence-electron chi connectivity index (χ2n) is 6.29. The Morgan fingerprint density at radius 3 is 2.50 bits per heavy atom. The standard InChI is InChI=1S/C21H21F3O2/c1-3-15-7-5-14(12-26-15)13-6-8-16(18(22)11-13)17-9-10-19(25-4-2)21(24)20(17)23/h3,6,8-11,14-15H,1,4-5,7,12H2,2H3. The zero-order chi connectivity index (χ0) is 18.7. The van der Waals surface area contributed by atoms with Crippen molar-refractivity contribution >= 4 is 0 Å². The minimum atomic E-state index is -1.11. The SMILES string of the molecule is C=CC1CCC(c2ccc(-c3ccc(OCC)c(F)c3F)c(F)c2)CO1. The first-order valence-corrected chi connectivity index (χ1v) is 8.69. The Morgan fingerprint density at radius 1 is 1.12 bits per heavy atom. The van der Waals surface area contributed by atoms with Gasteiger partial charge in [-0.3, -0.25) is 0 Å². The van der Waals surface area contributed by atoms with E-state index >= 15 is 0 Å². The van der Waals surface area contributed by atoms with Crippen LogP contribution in [0.25, 0.3) is 11.1 Å². The Labute approximate surface area is 151 Å². The van der Waals surface area contributed by atoms with Gasteiger partial charge in [-0.25, -0.2) is 8.78 Å². The summed E-state index contributed by atoms with van der Waals surface area (Å²) < 4.78 is 53.7. The first-order chi connectivity index (χ1) is 12.5. The van der Waals surface area contributed by atoms with Crippen molar-refractivity contribution in [1.82, 2.24) is 0 Å². The molecule has 2 nitrogen and oxygen atoms in total. The van der Waals surface area contributed by atoms with Crippen molar-refractivity contribution in [3.8, 4) is 16.9 Å². The number of hydrogen-bond acceptors (Lipinski definition) is 2. The zero-order valence-electron chi connectivity index (χ0n) is 14.6. The molecule has 0 N–H and O–H groups in total. The average Bonchev–Trinajstić information content (AvgIpc) is 2.66. The van der Waals surface area contributed by atoms with Gasteiger partial charge < -0.3 is 9.47 Å². The maximum atomic E-state index is 14.6. The fraction of sp³-hybridized carbons (Fsp3) is 0.333. The minimum absolute atomic E-state index is 0.0221. The molecule has 2 aromatic carbocycles. The van der Waals surface area contributed by atoms with Gasteiger partial charge in [0.25, 0.3) is 0 Å². The molecule has 1 aliphatic rings. The van der Waals surface area contributed by atoms with Gasteiger partial charge in [0, 0.05) is 17.0 Å². The summed E-state index contributed by atoms with van der Waals surface area (Å²) in [7, 11) is 0. The van der Waals surface area contributed by atoms with Crippen LogP contribution in [0.3, 0.4) is 0 Å². The molecule has 3 rings (SSSR count). The van der Waals surface area contributed by atoms with Gasteiger partial charge >= 0.3 is 0 Å². The fourth-order valence-corrected chi connectivity index (χ4v) is 3.23. The van der Waals surface area contributed by atoms with Gasteiger partial charge in [-0.1, -0.05) is 18.2 Å². The number of rotatable bonds is 5. The smallest absolute Gasteiger partial charge is 0.201 e. The van der Waals surface area contributed by atoms with Gasteiger partial charge in [0.1, 0.15) is 5.82 Å². The van der Waals surface area contributed by atoms with E-state index in [1.165, 1.54) is 24.3 Å². The largest absolute Gasteiger partial charge is 0.491 e. The number of benzene rings is 2. The van der Waals surface area contributed by atoms with Crippen molar-refractivity contribution in [1.29, 1.82) is 0 Å². The highest BCUT2D eigenvalue weighted by atomic mass is 19.2. The molecule has 5 heteroatoms. The van der Waals surface area contributed by atoms with Crippen molar-refractivity contribution in [3.05, 3.63) is 66.0 Å². The summed E-state index contributed by atoms with van der Waals surface area (Å²) in [6.07, 6.45) is 3.50. The van der Waals surface area contributed by atoms with Crippen molar-refractivity contribution in [2.75, 3.05) is 13.2 Å². The third-order valence-electron chi connectivity index (χ3n) is 4.68. The van der Waals surface area contributed by atoms with Crippen molar-refractivity contribution in [2.45, 2.75) is 31.8 Å². The first kappa shape index (κ1) is 18.5. The number of hydrogen-bond donors (Lipinski definition) is 0. The van der Waals surface area contributed by atoms with E-state index in [0.29, 0.717) is 6.61 Å². The Kier molecular flexibility index (Phi) is 5.67. The Morgan fingerprint density at radius 2 is 1.88 bits per heavy atom. The van der Waals surface area contributed by atoms with E-state index in [0.717, 1.165) is 18.4 Å². The molecule has 0 aliphatic carbocycles. The number of ether oxygens (including phenoxy) is 2. The molecule has 26 heavy (non-hydrogen) atoms. The second-order valence-corrected chi connectivity index (χ2v) is 6.29. The van der Waals surface area contributed by atoms with Crippen molar-refractivity contribution < 1.29 is 22.6 Å². The van der Waals surface area contributed by atoms with E-state index in [2.05, 4.69) is 6.58 Å². The molecule has 1 saturated heterocycles. The molecular weight excluding hydrogens is 341 g/mol. The van der Waals surface area contributed by atoms with Crippen molar-refractivity contribution in [2.24, 2.45) is 0 Å². The minimum Gasteiger partial charge on any atom is -0.491 e. The molecule has 0 radical (unpaired) electrons. The Balaban J connectivity index is 1.87. The maximum Gasteiger partial charge on any atom is 0.201 e. The van der Waals surface area contributed by atoms with E-state index in [-0.39, 0.29) is 35.5 Å². The Hall–Kier alpha value is -2.27. The number of halogens is 3. The maximum absolute atomic E-state index is 14.6. The lowest BCUT2D eigenvalue weighted by Crippen LogP contribution is -2.23. The molecule has 0 bridgehead atoms. The van der Waals surface area contributed by atoms with Crippen LogP contribution < -0.4 is 4.74 Å². The molecule has 2 aromatic rings. The summed E-state index contributed by atoms with van der Waals surface area (Å²) in [6, 6.07) is 7.26. The summed E-state index contributed by atoms with van der Waals surface area (Å²) in [5.41, 5.74) is 0.691. The monoisotopic (exact) mass is 362 g/mol. The molecule has 2 unspecified atom stereocenters. The van der Waals surface area contributed by atoms with Gasteiger partial charge in [-0.15, -0.1) is 6.58 Å². The zero-order valence-corrected chi connectivity index (χ0v) is 14.6. The molecule has 1 aliphatic heterocycles. The summed E-state index contributed by atoms with van der Waals surface area (Å²) in [6.45, 7) is 6.10. The fourth-order valence-electron chi connectivity index (χ4n) is 3.23. The molecule has 1 heterocycles. The normalized spacial score (nSPS) is 20.0. The van der Waals surface area contributed by atoms with E-state index in [1.54, 1.807) is 19.1 Å². The summed E-state index contributed by atoms with van der Waals surface area (Å²) in [4.78, 5) is 0. The molecule has 0 amide bonds. The molecule has 2 atom stereocenters. The molecule has 138 valence electrons. The molecule has 1 fully saturated rings. The van der Waals surface area contributed by atoms with Gasteiger partial charge in [0.15, 0.2) is 11.6 Å². The topological polar surface area (TPSA) is 18.5 Å². The highest BCUT2D eigenvalue weighted by Crippen LogP contribution is 2.34. The lowest BCUT2D eigenvalue weighted by atomic mass is 9.90. The predicted molar refractivity (Wildman–Crippen MR) is 94.8 cm³/mol. The van der Waals surface area contributed by atoms with Gasteiger partial charge in [-0.2, -0.15) is 4.39 Å². The van der Waals surface area contributed by atoms with Crippen LogP contribution in [0.15, 0.2) is 43.0 Å². The average molecular weight is 362 g/mol. The highest BCUT2D eigenvalue weighted by molar-refractivity contribution is 5.66. The quantitative estimate of drug-likeness (QED) is 0.643. The summed E-state index contributed by atoms with van der Waals surface area (Å²) >= 11 is 0. The van der Waals surface area contributed by atoms with Crippen LogP contribution in [0.1, 0.15) is 31.2 Å². The lowest BCUT2D eigenvalue weighted by Gasteiger charge is -2.27. The van der Waals surface area contributed by atoms with Crippen LogP contribution in [-0.2, 0) is 4.74 Å². The third-order valence-corrected chi connectivity index (χ3v) is 4.68. The summed E-state index contributed by atoms with van der Waals surface area (Å²) in [5.74, 6) is -2.91. The van der Waals surface area contributed by atoms with Crippen LogP contribution in [0.2, 0.25) is 0 Å².